The quantitative estimate of drug-likeness (QED) is 0.826. The summed E-state index contributed by atoms with van der Waals surface area (Å²) >= 11 is 0. The zero-order chi connectivity index (χ0) is 17.9. The van der Waals surface area contributed by atoms with Crippen molar-refractivity contribution in [2.45, 2.75) is 44.8 Å². The number of carboxylic acid groups (broad SMARTS) is 1. The number of likely N-dealkylation sites (tertiary alicyclic amines) is 1. The van der Waals surface area contributed by atoms with Crippen molar-refractivity contribution in [3.63, 3.8) is 0 Å². The number of hydrogen-bond donors (Lipinski definition) is 1. The van der Waals surface area contributed by atoms with Crippen molar-refractivity contribution in [1.29, 1.82) is 0 Å². The summed E-state index contributed by atoms with van der Waals surface area (Å²) in [6.07, 6.45) is -3.80. The molecule has 1 N–H and O–H groups in total. The van der Waals surface area contributed by atoms with E-state index < -0.39 is 23.8 Å². The third kappa shape index (κ3) is 4.03. The molecule has 1 aromatic rings. The summed E-state index contributed by atoms with van der Waals surface area (Å²) in [4.78, 5) is 12.4. The number of hydrogen-bond acceptors (Lipinski definition) is 2. The Labute approximate surface area is 139 Å². The normalized spacial score (nSPS) is 18.9. The second-order valence-electron chi connectivity index (χ2n) is 6.15. The zero-order valence-corrected chi connectivity index (χ0v) is 13.9. The first-order valence-corrected chi connectivity index (χ1v) is 7.99. The number of piperidine rings is 1. The van der Waals surface area contributed by atoms with Crippen LogP contribution in [0.1, 0.15) is 42.1 Å². The van der Waals surface area contributed by atoms with E-state index in [9.17, 15) is 18.0 Å². The van der Waals surface area contributed by atoms with E-state index in [1.807, 2.05) is 0 Å². The predicted octanol–water partition coefficient (Wildman–Crippen LogP) is 3.71. The van der Waals surface area contributed by atoms with Crippen LogP contribution < -0.4 is 0 Å². The molecule has 1 atom stereocenters. The van der Waals surface area contributed by atoms with Crippen LogP contribution in [0.2, 0.25) is 0 Å². The van der Waals surface area contributed by atoms with Crippen molar-refractivity contribution < 1.29 is 27.8 Å². The van der Waals surface area contributed by atoms with Crippen molar-refractivity contribution in [1.82, 2.24) is 9.47 Å². The highest BCUT2D eigenvalue weighted by Crippen LogP contribution is 2.40. The van der Waals surface area contributed by atoms with Gasteiger partial charge in [0, 0.05) is 50.7 Å². The Kier molecular flexibility index (Phi) is 5.79. The highest BCUT2D eigenvalue weighted by atomic mass is 19.4. The van der Waals surface area contributed by atoms with E-state index in [4.69, 9.17) is 9.84 Å². The van der Waals surface area contributed by atoms with Crippen LogP contribution in [-0.2, 0) is 17.5 Å². The van der Waals surface area contributed by atoms with Crippen LogP contribution in [0.25, 0.3) is 0 Å². The van der Waals surface area contributed by atoms with E-state index in [1.54, 1.807) is 18.6 Å². The molecule has 1 saturated heterocycles. The smallest absolute Gasteiger partial charge is 0.418 e. The largest absolute Gasteiger partial charge is 0.465 e. The maximum atomic E-state index is 13.5. The molecule has 2 rings (SSSR count). The lowest BCUT2D eigenvalue weighted by atomic mass is 9.92. The van der Waals surface area contributed by atoms with E-state index in [0.717, 1.165) is 0 Å². The monoisotopic (exact) mass is 348 g/mol. The number of methoxy groups -OCH3 is 1. The number of halogens is 3. The maximum absolute atomic E-state index is 13.5. The molecule has 136 valence electrons. The van der Waals surface area contributed by atoms with Crippen molar-refractivity contribution in [3.05, 3.63) is 23.0 Å². The van der Waals surface area contributed by atoms with E-state index in [2.05, 4.69) is 0 Å². The highest BCUT2D eigenvalue weighted by Gasteiger charge is 2.39. The fraction of sp³-hybridized carbons (Fsp3) is 0.688. The number of aryl methyl sites for hydroxylation is 1. The van der Waals surface area contributed by atoms with Gasteiger partial charge in [0.05, 0.1) is 5.56 Å². The SMILES string of the molecule is COCCCn1c(C)cc(C(F)(F)F)c1C1CCCN(C(=O)O)C1. The van der Waals surface area contributed by atoms with Gasteiger partial charge < -0.3 is 19.3 Å². The molecule has 1 amide bonds. The first-order chi connectivity index (χ1) is 11.3. The Morgan fingerprint density at radius 3 is 2.75 bits per heavy atom. The van der Waals surface area contributed by atoms with Crippen molar-refractivity contribution in [2.24, 2.45) is 0 Å². The van der Waals surface area contributed by atoms with E-state index in [1.165, 1.54) is 11.0 Å². The van der Waals surface area contributed by atoms with E-state index >= 15 is 0 Å². The lowest BCUT2D eigenvalue weighted by Crippen LogP contribution is -2.39. The van der Waals surface area contributed by atoms with Crippen molar-refractivity contribution >= 4 is 6.09 Å². The molecule has 24 heavy (non-hydrogen) atoms. The van der Waals surface area contributed by atoms with Gasteiger partial charge in [0.25, 0.3) is 0 Å². The van der Waals surface area contributed by atoms with Crippen molar-refractivity contribution in [2.75, 3.05) is 26.8 Å². The van der Waals surface area contributed by atoms with Gasteiger partial charge in [-0.2, -0.15) is 13.2 Å². The first-order valence-electron chi connectivity index (χ1n) is 7.99. The zero-order valence-electron chi connectivity index (χ0n) is 13.9. The lowest BCUT2D eigenvalue weighted by molar-refractivity contribution is -0.138. The number of aromatic nitrogens is 1. The van der Waals surface area contributed by atoms with Crippen molar-refractivity contribution in [3.8, 4) is 0 Å². The van der Waals surface area contributed by atoms with Gasteiger partial charge in [-0.1, -0.05) is 0 Å². The van der Waals surface area contributed by atoms with Gasteiger partial charge in [0.2, 0.25) is 0 Å². The Morgan fingerprint density at radius 2 is 2.17 bits per heavy atom. The molecule has 1 aromatic heterocycles. The summed E-state index contributed by atoms with van der Waals surface area (Å²) in [6.45, 7) is 3.02. The molecule has 0 radical (unpaired) electrons. The third-order valence-corrected chi connectivity index (χ3v) is 4.46. The number of carbonyl (C=O) groups is 1. The molecule has 0 aliphatic carbocycles. The van der Waals surface area contributed by atoms with Gasteiger partial charge in [-0.15, -0.1) is 0 Å². The molecule has 0 spiro atoms. The van der Waals surface area contributed by atoms with Crippen LogP contribution in [0, 0.1) is 6.92 Å². The standard InChI is InChI=1S/C16H23F3N2O3/c1-11-9-13(16(17,18)19)14(21(11)7-4-8-24-2)12-5-3-6-20(10-12)15(22)23/h9,12H,3-8,10H2,1-2H3,(H,22,23). The topological polar surface area (TPSA) is 54.7 Å². The minimum absolute atomic E-state index is 0.103. The van der Waals surface area contributed by atoms with E-state index in [-0.39, 0.29) is 12.2 Å². The van der Waals surface area contributed by atoms with Gasteiger partial charge in [0.15, 0.2) is 0 Å². The summed E-state index contributed by atoms with van der Waals surface area (Å²) in [5, 5.41) is 9.16. The molecular weight excluding hydrogens is 325 g/mol. The second-order valence-corrected chi connectivity index (χ2v) is 6.15. The Morgan fingerprint density at radius 1 is 1.46 bits per heavy atom. The van der Waals surface area contributed by atoms with Gasteiger partial charge in [0.1, 0.15) is 0 Å². The fourth-order valence-electron chi connectivity index (χ4n) is 3.40. The second kappa shape index (κ2) is 7.46. The van der Waals surface area contributed by atoms with Crippen LogP contribution in [0.15, 0.2) is 6.07 Å². The number of alkyl halides is 3. The lowest BCUT2D eigenvalue weighted by Gasteiger charge is -2.32. The Balaban J connectivity index is 2.38. The van der Waals surface area contributed by atoms with Gasteiger partial charge in [-0.05, 0) is 32.3 Å². The maximum Gasteiger partial charge on any atom is 0.418 e. The number of nitrogens with zero attached hydrogens (tertiary/aromatic N) is 2. The molecule has 1 aliphatic rings. The summed E-state index contributed by atoms with van der Waals surface area (Å²) in [6, 6.07) is 1.17. The van der Waals surface area contributed by atoms with Gasteiger partial charge in [-0.3, -0.25) is 0 Å². The summed E-state index contributed by atoms with van der Waals surface area (Å²) in [7, 11) is 1.55. The Bertz CT molecular complexity index is 584. The number of amides is 1. The first kappa shape index (κ1) is 18.6. The summed E-state index contributed by atoms with van der Waals surface area (Å²) in [5.41, 5.74) is 0.109. The molecule has 2 heterocycles. The third-order valence-electron chi connectivity index (χ3n) is 4.46. The summed E-state index contributed by atoms with van der Waals surface area (Å²) in [5.74, 6) is -0.442. The molecule has 1 aliphatic heterocycles. The molecule has 0 saturated carbocycles. The van der Waals surface area contributed by atoms with Crippen LogP contribution >= 0.6 is 0 Å². The molecule has 1 fully saturated rings. The molecule has 0 bridgehead atoms. The van der Waals surface area contributed by atoms with Crippen LogP contribution in [-0.4, -0.2) is 47.5 Å². The molecule has 5 nitrogen and oxygen atoms in total. The Hall–Kier alpha value is -1.70. The molecule has 8 heteroatoms. The van der Waals surface area contributed by atoms with Crippen LogP contribution in [0.3, 0.4) is 0 Å². The average Bonchev–Trinajstić information content (AvgIpc) is 2.85. The predicted molar refractivity (Wildman–Crippen MR) is 82.2 cm³/mol. The minimum atomic E-state index is -4.45. The minimum Gasteiger partial charge on any atom is -0.465 e. The van der Waals surface area contributed by atoms with Crippen LogP contribution in [0.4, 0.5) is 18.0 Å². The molecular formula is C16H23F3N2O3. The highest BCUT2D eigenvalue weighted by molar-refractivity contribution is 5.65. The fourth-order valence-corrected chi connectivity index (χ4v) is 3.40. The van der Waals surface area contributed by atoms with E-state index in [0.29, 0.717) is 44.7 Å². The molecule has 1 unspecified atom stereocenters. The summed E-state index contributed by atoms with van der Waals surface area (Å²) < 4.78 is 47.1. The molecule has 0 aromatic carbocycles. The van der Waals surface area contributed by atoms with Crippen LogP contribution in [0.5, 0.6) is 0 Å². The number of ether oxygens (including phenoxy) is 1. The van der Waals surface area contributed by atoms with Gasteiger partial charge in [-0.25, -0.2) is 4.79 Å². The number of rotatable bonds is 5. The van der Waals surface area contributed by atoms with Gasteiger partial charge >= 0.3 is 12.3 Å². The average molecular weight is 348 g/mol.